The van der Waals surface area contributed by atoms with Crippen molar-refractivity contribution < 1.29 is 18.7 Å². The van der Waals surface area contributed by atoms with Crippen LogP contribution in [0.2, 0.25) is 0 Å². The van der Waals surface area contributed by atoms with E-state index in [2.05, 4.69) is 27.4 Å². The van der Waals surface area contributed by atoms with E-state index in [9.17, 15) is 9.59 Å². The second-order valence-corrected chi connectivity index (χ2v) is 7.42. The maximum absolute atomic E-state index is 12.7. The van der Waals surface area contributed by atoms with Gasteiger partial charge in [-0.05, 0) is 63.0 Å². The minimum atomic E-state index is -0.243. The van der Waals surface area contributed by atoms with Gasteiger partial charge in [-0.25, -0.2) is 0 Å². The number of nitrogens with zero attached hydrogens (tertiary/aromatic N) is 2. The van der Waals surface area contributed by atoms with E-state index in [-0.39, 0.29) is 29.8 Å². The van der Waals surface area contributed by atoms with Crippen molar-refractivity contribution >= 4 is 17.6 Å². The monoisotopic (exact) mass is 384 g/mol. The molecule has 3 fully saturated rings. The van der Waals surface area contributed by atoms with Gasteiger partial charge in [-0.2, -0.15) is 4.98 Å². The van der Waals surface area contributed by atoms with Crippen molar-refractivity contribution in [1.29, 1.82) is 0 Å². The zero-order valence-electron chi connectivity index (χ0n) is 16.0. The van der Waals surface area contributed by atoms with Crippen LogP contribution < -0.4 is 15.4 Å². The molecule has 28 heavy (non-hydrogen) atoms. The SMILES string of the molecule is CC(=O)Nc1coc(Oc2ccc(C(=O)NC3C4CCN(CC4)C3C)cc2)n1. The van der Waals surface area contributed by atoms with E-state index in [1.807, 2.05) is 0 Å². The van der Waals surface area contributed by atoms with Crippen LogP contribution in [0.3, 0.4) is 0 Å². The maximum atomic E-state index is 12.7. The summed E-state index contributed by atoms with van der Waals surface area (Å²) in [5.74, 6) is 1.03. The van der Waals surface area contributed by atoms with E-state index in [0.717, 1.165) is 25.9 Å². The number of hydrogen-bond donors (Lipinski definition) is 2. The Hall–Kier alpha value is -2.87. The highest BCUT2D eigenvalue weighted by molar-refractivity contribution is 5.94. The molecule has 2 bridgehead atoms. The molecule has 2 atom stereocenters. The van der Waals surface area contributed by atoms with Crippen molar-refractivity contribution in [2.24, 2.45) is 5.92 Å². The molecule has 0 aliphatic carbocycles. The number of amides is 2. The van der Waals surface area contributed by atoms with Gasteiger partial charge in [0, 0.05) is 24.6 Å². The standard InChI is InChI=1S/C20H24N4O4/c1-12-18(14-7-9-24(12)10-8-14)23-19(26)15-3-5-16(6-4-15)28-20-22-17(11-27-20)21-13(2)25/h3-6,11-12,14,18H,7-10H2,1-2H3,(H,21,25)(H,23,26). The molecular formula is C20H24N4O4. The third-order valence-corrected chi connectivity index (χ3v) is 5.58. The number of carbonyl (C=O) groups excluding carboxylic acids is 2. The Kier molecular flexibility index (Phi) is 5.04. The third-order valence-electron chi connectivity index (χ3n) is 5.58. The summed E-state index contributed by atoms with van der Waals surface area (Å²) in [5, 5.41) is 5.72. The molecule has 3 saturated heterocycles. The first-order chi connectivity index (χ1) is 13.5. The summed E-state index contributed by atoms with van der Waals surface area (Å²) in [6.45, 7) is 5.84. The van der Waals surface area contributed by atoms with Gasteiger partial charge in [-0.1, -0.05) is 0 Å². The van der Waals surface area contributed by atoms with Crippen LogP contribution in [-0.4, -0.2) is 46.9 Å². The zero-order chi connectivity index (χ0) is 19.7. The molecule has 3 aliphatic heterocycles. The fourth-order valence-corrected chi connectivity index (χ4v) is 4.10. The second kappa shape index (κ2) is 7.63. The second-order valence-electron chi connectivity index (χ2n) is 7.42. The van der Waals surface area contributed by atoms with Gasteiger partial charge in [0.15, 0.2) is 5.82 Å². The molecule has 5 rings (SSSR count). The molecule has 148 valence electrons. The van der Waals surface area contributed by atoms with E-state index in [0.29, 0.717) is 23.3 Å². The molecule has 3 aliphatic rings. The first kappa shape index (κ1) is 18.5. The van der Waals surface area contributed by atoms with Crippen molar-refractivity contribution in [2.75, 3.05) is 18.4 Å². The predicted molar refractivity (Wildman–Crippen MR) is 102 cm³/mol. The Morgan fingerprint density at radius 2 is 1.93 bits per heavy atom. The first-order valence-electron chi connectivity index (χ1n) is 9.55. The molecule has 1 aromatic heterocycles. The Morgan fingerprint density at radius 1 is 1.21 bits per heavy atom. The molecule has 4 heterocycles. The highest BCUT2D eigenvalue weighted by Gasteiger charge is 2.40. The van der Waals surface area contributed by atoms with Crippen molar-refractivity contribution in [3.05, 3.63) is 36.1 Å². The van der Waals surface area contributed by atoms with Gasteiger partial charge in [0.1, 0.15) is 12.0 Å². The molecular weight excluding hydrogens is 360 g/mol. The summed E-state index contributed by atoms with van der Waals surface area (Å²) in [5.41, 5.74) is 0.585. The lowest BCUT2D eigenvalue weighted by Gasteiger charge is -2.49. The number of piperidine rings is 3. The van der Waals surface area contributed by atoms with Crippen LogP contribution in [0, 0.1) is 5.92 Å². The van der Waals surface area contributed by atoms with Crippen LogP contribution in [0.4, 0.5) is 5.82 Å². The smallest absolute Gasteiger partial charge is 0.401 e. The van der Waals surface area contributed by atoms with E-state index in [4.69, 9.17) is 9.15 Å². The fourth-order valence-electron chi connectivity index (χ4n) is 4.10. The summed E-state index contributed by atoms with van der Waals surface area (Å²) in [6.07, 6.45) is 3.62. The summed E-state index contributed by atoms with van der Waals surface area (Å²) in [4.78, 5) is 30.1. The summed E-state index contributed by atoms with van der Waals surface area (Å²) < 4.78 is 10.7. The Bertz CT molecular complexity index is 853. The number of hydrogen-bond acceptors (Lipinski definition) is 6. The Morgan fingerprint density at radius 3 is 2.57 bits per heavy atom. The average Bonchev–Trinajstić information content (AvgIpc) is 3.11. The van der Waals surface area contributed by atoms with Crippen LogP contribution in [0.5, 0.6) is 11.8 Å². The minimum Gasteiger partial charge on any atom is -0.415 e. The van der Waals surface area contributed by atoms with Crippen LogP contribution in [-0.2, 0) is 4.79 Å². The van der Waals surface area contributed by atoms with E-state index in [1.54, 1.807) is 24.3 Å². The molecule has 2 unspecified atom stereocenters. The van der Waals surface area contributed by atoms with Gasteiger partial charge in [-0.15, -0.1) is 0 Å². The van der Waals surface area contributed by atoms with Gasteiger partial charge in [0.2, 0.25) is 5.91 Å². The lowest BCUT2D eigenvalue weighted by atomic mass is 9.79. The first-order valence-corrected chi connectivity index (χ1v) is 9.55. The zero-order valence-corrected chi connectivity index (χ0v) is 16.0. The molecule has 0 saturated carbocycles. The molecule has 0 spiro atoms. The average molecular weight is 384 g/mol. The van der Waals surface area contributed by atoms with Gasteiger partial charge >= 0.3 is 6.08 Å². The minimum absolute atomic E-state index is 0.0158. The van der Waals surface area contributed by atoms with Crippen molar-refractivity contribution in [1.82, 2.24) is 15.2 Å². The van der Waals surface area contributed by atoms with Crippen molar-refractivity contribution in [3.63, 3.8) is 0 Å². The molecule has 8 nitrogen and oxygen atoms in total. The number of nitrogens with one attached hydrogen (secondary N) is 2. The molecule has 2 aromatic rings. The highest BCUT2D eigenvalue weighted by atomic mass is 16.6. The topological polar surface area (TPSA) is 96.7 Å². The van der Waals surface area contributed by atoms with Crippen molar-refractivity contribution in [3.8, 4) is 11.8 Å². The fraction of sp³-hybridized carbons (Fsp3) is 0.450. The number of oxazole rings is 1. The third kappa shape index (κ3) is 3.87. The highest BCUT2D eigenvalue weighted by Crippen LogP contribution is 2.32. The van der Waals surface area contributed by atoms with Gasteiger partial charge < -0.3 is 19.8 Å². The van der Waals surface area contributed by atoms with Crippen LogP contribution in [0.1, 0.15) is 37.0 Å². The number of benzene rings is 1. The van der Waals surface area contributed by atoms with Crippen LogP contribution >= 0.6 is 0 Å². The molecule has 2 amide bonds. The number of rotatable bonds is 5. The lowest BCUT2D eigenvalue weighted by Crippen LogP contribution is -2.62. The molecule has 8 heteroatoms. The number of ether oxygens (including phenoxy) is 1. The predicted octanol–water partition coefficient (Wildman–Crippen LogP) is 2.64. The van der Waals surface area contributed by atoms with Gasteiger partial charge in [0.25, 0.3) is 5.91 Å². The largest absolute Gasteiger partial charge is 0.415 e. The van der Waals surface area contributed by atoms with E-state index < -0.39 is 0 Å². The Labute approximate surface area is 163 Å². The molecule has 0 radical (unpaired) electrons. The number of carbonyl (C=O) groups is 2. The van der Waals surface area contributed by atoms with E-state index in [1.165, 1.54) is 13.2 Å². The van der Waals surface area contributed by atoms with Crippen LogP contribution in [0.15, 0.2) is 34.9 Å². The summed E-state index contributed by atoms with van der Waals surface area (Å²) in [7, 11) is 0. The lowest BCUT2D eigenvalue weighted by molar-refractivity contribution is -0.114. The van der Waals surface area contributed by atoms with Gasteiger partial charge in [0.05, 0.1) is 0 Å². The summed E-state index contributed by atoms with van der Waals surface area (Å²) in [6, 6.07) is 7.39. The molecule has 2 N–H and O–H groups in total. The van der Waals surface area contributed by atoms with Crippen LogP contribution in [0.25, 0.3) is 0 Å². The number of fused-ring (bicyclic) bond motifs is 3. The quantitative estimate of drug-likeness (QED) is 0.823. The van der Waals surface area contributed by atoms with E-state index >= 15 is 0 Å². The summed E-state index contributed by atoms with van der Waals surface area (Å²) >= 11 is 0. The number of aromatic nitrogens is 1. The molecule has 1 aromatic carbocycles. The Balaban J connectivity index is 1.37. The van der Waals surface area contributed by atoms with Gasteiger partial charge in [-0.3, -0.25) is 14.5 Å². The maximum Gasteiger partial charge on any atom is 0.401 e. The normalized spacial score (nSPS) is 25.9. The number of anilines is 1. The van der Waals surface area contributed by atoms with Crippen molar-refractivity contribution in [2.45, 2.75) is 38.8 Å².